The first-order chi connectivity index (χ1) is 7.43. The van der Waals surface area contributed by atoms with E-state index in [0.717, 1.165) is 25.9 Å². The molecule has 1 N–H and O–H groups in total. The minimum Gasteiger partial charge on any atom is -0.394 e. The van der Waals surface area contributed by atoms with Crippen LogP contribution in [0.4, 0.5) is 0 Å². The van der Waals surface area contributed by atoms with Crippen molar-refractivity contribution < 1.29 is 7.86 Å². The predicted octanol–water partition coefficient (Wildman–Crippen LogP) is 1.73. The Kier molecular flexibility index (Phi) is 5.46. The summed E-state index contributed by atoms with van der Waals surface area (Å²) in [7, 11) is 0. The number of piperidine rings is 1. The molecule has 0 aliphatic carbocycles. The topological polar surface area (TPSA) is 41.6 Å². The highest BCUT2D eigenvalue weighted by molar-refractivity contribution is 14.1. The van der Waals surface area contributed by atoms with Gasteiger partial charge in [0.05, 0.1) is 6.54 Å². The Hall–Kier alpha value is 0.120. The van der Waals surface area contributed by atoms with E-state index in [1.165, 1.54) is 0 Å². The van der Waals surface area contributed by atoms with Crippen molar-refractivity contribution in [3.05, 3.63) is 0 Å². The molecule has 4 nitrogen and oxygen atoms in total. The molecule has 1 aliphatic heterocycles. The van der Waals surface area contributed by atoms with Crippen molar-refractivity contribution >= 4 is 29.0 Å². The molecule has 0 radical (unpaired) electrons. The molecular formula is C11H21IN2O2. The Morgan fingerprint density at radius 1 is 1.44 bits per heavy atom. The second-order valence-electron chi connectivity index (χ2n) is 5.26. The van der Waals surface area contributed by atoms with Crippen molar-refractivity contribution in [2.45, 2.75) is 45.2 Å². The van der Waals surface area contributed by atoms with Gasteiger partial charge in [-0.15, -0.1) is 0 Å². The third-order valence-electron chi connectivity index (χ3n) is 3.06. The molecule has 0 saturated carbocycles. The van der Waals surface area contributed by atoms with Gasteiger partial charge in [-0.1, -0.05) is 0 Å². The fourth-order valence-electron chi connectivity index (χ4n) is 2.01. The Labute approximate surface area is 112 Å². The van der Waals surface area contributed by atoms with Gasteiger partial charge in [-0.05, 0) is 33.6 Å². The van der Waals surface area contributed by atoms with Crippen molar-refractivity contribution in [3.8, 4) is 0 Å². The van der Waals surface area contributed by atoms with E-state index in [1.54, 1.807) is 23.0 Å². The van der Waals surface area contributed by atoms with Gasteiger partial charge >= 0.3 is 5.97 Å². The largest absolute Gasteiger partial charge is 0.394 e. The Bertz CT molecular complexity index is 233. The number of rotatable bonds is 3. The van der Waals surface area contributed by atoms with E-state index in [9.17, 15) is 4.79 Å². The van der Waals surface area contributed by atoms with Crippen LogP contribution in [0.1, 0.15) is 33.6 Å². The summed E-state index contributed by atoms with van der Waals surface area (Å²) in [6.45, 7) is 9.25. The maximum absolute atomic E-state index is 11.0. The number of hydrogen-bond acceptors (Lipinski definition) is 4. The first-order valence-corrected chi connectivity index (χ1v) is 6.61. The average molecular weight is 340 g/mol. The van der Waals surface area contributed by atoms with Gasteiger partial charge in [-0.2, -0.15) is 0 Å². The zero-order chi connectivity index (χ0) is 12.2. The number of carbonyl (C=O) groups is 1. The van der Waals surface area contributed by atoms with Crippen LogP contribution in [-0.4, -0.2) is 42.1 Å². The second-order valence-corrected chi connectivity index (χ2v) is 5.70. The third-order valence-corrected chi connectivity index (χ3v) is 3.56. The number of likely N-dealkylation sites (tertiary alicyclic amines) is 1. The number of nitrogens with zero attached hydrogens (tertiary/aromatic N) is 1. The Balaban J connectivity index is 2.25. The quantitative estimate of drug-likeness (QED) is 0.795. The summed E-state index contributed by atoms with van der Waals surface area (Å²) in [5.41, 5.74) is 0.256. The van der Waals surface area contributed by atoms with E-state index in [-0.39, 0.29) is 11.5 Å². The molecule has 0 aromatic heterocycles. The minimum atomic E-state index is -0.196. The summed E-state index contributed by atoms with van der Waals surface area (Å²) in [6, 6.07) is 0.453. The van der Waals surface area contributed by atoms with E-state index in [2.05, 4.69) is 34.1 Å². The SMILES string of the molecule is CC(C)(C)N1CCC(NCC(=O)OI)CC1. The molecule has 1 heterocycles. The van der Waals surface area contributed by atoms with Crippen molar-refractivity contribution in [1.82, 2.24) is 10.2 Å². The lowest BCUT2D eigenvalue weighted by atomic mass is 9.98. The summed E-state index contributed by atoms with van der Waals surface area (Å²) in [4.78, 5) is 13.5. The molecule has 5 heteroatoms. The number of carbonyl (C=O) groups excluding carboxylic acids is 1. The smallest absolute Gasteiger partial charge is 0.329 e. The van der Waals surface area contributed by atoms with E-state index in [0.29, 0.717) is 12.6 Å². The standard InChI is InChI=1S/C11H21IN2O2/c1-11(2,3)14-6-4-9(5-7-14)13-8-10(15)16-12/h9,13H,4-8H2,1-3H3. The predicted molar refractivity (Wildman–Crippen MR) is 72.5 cm³/mol. The van der Waals surface area contributed by atoms with Crippen LogP contribution in [0.15, 0.2) is 0 Å². The molecule has 16 heavy (non-hydrogen) atoms. The molecule has 0 aromatic rings. The van der Waals surface area contributed by atoms with Crippen molar-refractivity contribution in [3.63, 3.8) is 0 Å². The highest BCUT2D eigenvalue weighted by Crippen LogP contribution is 2.19. The fraction of sp³-hybridized carbons (Fsp3) is 0.909. The van der Waals surface area contributed by atoms with Crippen LogP contribution in [0, 0.1) is 0 Å². The van der Waals surface area contributed by atoms with Crippen LogP contribution >= 0.6 is 23.0 Å². The van der Waals surface area contributed by atoms with Gasteiger partial charge < -0.3 is 8.38 Å². The highest BCUT2D eigenvalue weighted by Gasteiger charge is 2.26. The number of nitrogens with one attached hydrogen (secondary N) is 1. The van der Waals surface area contributed by atoms with Gasteiger partial charge in [0.25, 0.3) is 0 Å². The van der Waals surface area contributed by atoms with Crippen molar-refractivity contribution in [2.75, 3.05) is 19.6 Å². The monoisotopic (exact) mass is 340 g/mol. The van der Waals surface area contributed by atoms with Crippen LogP contribution in [-0.2, 0) is 7.86 Å². The van der Waals surface area contributed by atoms with Crippen LogP contribution in [0.25, 0.3) is 0 Å². The Morgan fingerprint density at radius 2 is 2.00 bits per heavy atom. The summed E-state index contributed by atoms with van der Waals surface area (Å²) < 4.78 is 4.57. The van der Waals surface area contributed by atoms with Crippen LogP contribution in [0.5, 0.6) is 0 Å². The third kappa shape index (κ3) is 4.55. The minimum absolute atomic E-state index is 0.196. The zero-order valence-electron chi connectivity index (χ0n) is 10.3. The lowest BCUT2D eigenvalue weighted by Crippen LogP contribution is -2.50. The Morgan fingerprint density at radius 3 is 2.44 bits per heavy atom. The second kappa shape index (κ2) is 6.16. The summed E-state index contributed by atoms with van der Waals surface area (Å²) in [5, 5.41) is 3.24. The van der Waals surface area contributed by atoms with Crippen LogP contribution < -0.4 is 5.32 Å². The average Bonchev–Trinajstić information content (AvgIpc) is 2.25. The molecule has 1 saturated heterocycles. The molecule has 0 aromatic carbocycles. The van der Waals surface area contributed by atoms with Gasteiger partial charge in [0, 0.05) is 24.7 Å². The molecular weight excluding hydrogens is 319 g/mol. The van der Waals surface area contributed by atoms with E-state index >= 15 is 0 Å². The number of halogens is 1. The fourth-order valence-corrected chi connectivity index (χ4v) is 2.17. The molecule has 0 atom stereocenters. The van der Waals surface area contributed by atoms with Gasteiger partial charge in [-0.3, -0.25) is 4.90 Å². The summed E-state index contributed by atoms with van der Waals surface area (Å²) >= 11 is 1.62. The molecule has 1 fully saturated rings. The van der Waals surface area contributed by atoms with Gasteiger partial charge in [0.1, 0.15) is 0 Å². The van der Waals surface area contributed by atoms with E-state index in [4.69, 9.17) is 0 Å². The highest BCUT2D eigenvalue weighted by atomic mass is 127. The summed E-state index contributed by atoms with van der Waals surface area (Å²) in [6.07, 6.45) is 2.21. The molecule has 0 unspecified atom stereocenters. The maximum Gasteiger partial charge on any atom is 0.329 e. The lowest BCUT2D eigenvalue weighted by Gasteiger charge is -2.41. The first kappa shape index (κ1) is 14.2. The first-order valence-electron chi connectivity index (χ1n) is 5.73. The zero-order valence-corrected chi connectivity index (χ0v) is 12.4. The molecule has 0 spiro atoms. The molecule has 1 aliphatic rings. The van der Waals surface area contributed by atoms with E-state index in [1.807, 2.05) is 0 Å². The molecule has 0 amide bonds. The van der Waals surface area contributed by atoms with E-state index < -0.39 is 0 Å². The normalized spacial score (nSPS) is 19.8. The lowest BCUT2D eigenvalue weighted by molar-refractivity contribution is -0.130. The number of hydrogen-bond donors (Lipinski definition) is 1. The van der Waals surface area contributed by atoms with Crippen LogP contribution in [0.2, 0.25) is 0 Å². The van der Waals surface area contributed by atoms with Gasteiger partial charge in [0.15, 0.2) is 23.0 Å². The maximum atomic E-state index is 11.0. The molecule has 0 bridgehead atoms. The van der Waals surface area contributed by atoms with Gasteiger partial charge in [-0.25, -0.2) is 4.79 Å². The van der Waals surface area contributed by atoms with Crippen molar-refractivity contribution in [2.24, 2.45) is 0 Å². The van der Waals surface area contributed by atoms with Crippen molar-refractivity contribution in [1.29, 1.82) is 0 Å². The molecule has 1 rings (SSSR count). The summed E-state index contributed by atoms with van der Waals surface area (Å²) in [5.74, 6) is -0.196. The van der Waals surface area contributed by atoms with Gasteiger partial charge in [0.2, 0.25) is 0 Å². The molecule has 94 valence electrons. The van der Waals surface area contributed by atoms with Crippen LogP contribution in [0.3, 0.4) is 0 Å².